The number of hydrogen-bond acceptors (Lipinski definition) is 4. The van der Waals surface area contributed by atoms with Crippen molar-refractivity contribution in [3.05, 3.63) is 26.7 Å². The fourth-order valence-electron chi connectivity index (χ4n) is 3.73. The molecular formula is C16H25N6O3+. The molecule has 9 nitrogen and oxygen atoms in total. The molecular weight excluding hydrogens is 324 g/mol. The van der Waals surface area contributed by atoms with Gasteiger partial charge in [0, 0.05) is 20.0 Å². The van der Waals surface area contributed by atoms with Crippen LogP contribution in [0.3, 0.4) is 0 Å². The summed E-state index contributed by atoms with van der Waals surface area (Å²) in [5.41, 5.74) is 5.04. The smallest absolute Gasteiger partial charge is 0.332 e. The minimum absolute atomic E-state index is 0.123. The van der Waals surface area contributed by atoms with E-state index in [0.717, 1.165) is 24.1 Å². The molecule has 2 atom stereocenters. The summed E-state index contributed by atoms with van der Waals surface area (Å²) in [5, 5.41) is 0. The van der Waals surface area contributed by atoms with Crippen LogP contribution >= 0.6 is 0 Å². The Kier molecular flexibility index (Phi) is 4.51. The van der Waals surface area contributed by atoms with Crippen molar-refractivity contribution >= 4 is 17.1 Å². The second-order valence-electron chi connectivity index (χ2n) is 7.09. The van der Waals surface area contributed by atoms with Gasteiger partial charge in [0.25, 0.3) is 5.56 Å². The SMILES string of the molecule is CC1CCC[NH+](Cc2nc3c(c(=O)n(C)c(=O)n3C)n2CC(N)=O)C1. The predicted octanol–water partition coefficient (Wildman–Crippen LogP) is -2.27. The summed E-state index contributed by atoms with van der Waals surface area (Å²) in [6.07, 6.45) is 2.36. The summed E-state index contributed by atoms with van der Waals surface area (Å²) in [6, 6.07) is 0. The van der Waals surface area contributed by atoms with E-state index in [2.05, 4.69) is 11.9 Å². The van der Waals surface area contributed by atoms with Gasteiger partial charge in [-0.1, -0.05) is 6.92 Å². The van der Waals surface area contributed by atoms with Gasteiger partial charge in [-0.3, -0.25) is 18.7 Å². The van der Waals surface area contributed by atoms with Gasteiger partial charge >= 0.3 is 5.69 Å². The van der Waals surface area contributed by atoms with Gasteiger partial charge in [0.15, 0.2) is 17.0 Å². The molecule has 0 spiro atoms. The van der Waals surface area contributed by atoms with Crippen LogP contribution in [0.5, 0.6) is 0 Å². The van der Waals surface area contributed by atoms with Gasteiger partial charge < -0.3 is 15.2 Å². The molecule has 2 aromatic rings. The van der Waals surface area contributed by atoms with E-state index in [1.165, 1.54) is 22.9 Å². The van der Waals surface area contributed by atoms with Gasteiger partial charge in [-0.05, 0) is 12.8 Å². The summed E-state index contributed by atoms with van der Waals surface area (Å²) in [6.45, 7) is 4.76. The molecule has 3 heterocycles. The van der Waals surface area contributed by atoms with Gasteiger partial charge in [0.05, 0.1) is 13.1 Å². The number of nitrogens with one attached hydrogen (secondary N) is 1. The Bertz CT molecular complexity index is 938. The first kappa shape index (κ1) is 17.4. The summed E-state index contributed by atoms with van der Waals surface area (Å²) >= 11 is 0. The van der Waals surface area contributed by atoms with Crippen LogP contribution in [-0.2, 0) is 32.0 Å². The number of carbonyl (C=O) groups excluding carboxylic acids is 1. The highest BCUT2D eigenvalue weighted by Gasteiger charge is 2.25. The maximum Gasteiger partial charge on any atom is 0.332 e. The van der Waals surface area contributed by atoms with Gasteiger partial charge in [0.2, 0.25) is 5.91 Å². The van der Waals surface area contributed by atoms with E-state index in [4.69, 9.17) is 5.73 Å². The first-order valence-electron chi connectivity index (χ1n) is 8.56. The second-order valence-corrected chi connectivity index (χ2v) is 7.09. The van der Waals surface area contributed by atoms with Gasteiger partial charge in [0.1, 0.15) is 13.1 Å². The molecule has 1 aliphatic rings. The van der Waals surface area contributed by atoms with Crippen molar-refractivity contribution in [1.29, 1.82) is 0 Å². The number of likely N-dealkylation sites (tertiary alicyclic amines) is 1. The van der Waals surface area contributed by atoms with E-state index < -0.39 is 17.2 Å². The van der Waals surface area contributed by atoms with Crippen LogP contribution in [0, 0.1) is 5.92 Å². The lowest BCUT2D eigenvalue weighted by atomic mass is 10.0. The molecule has 136 valence electrons. The largest absolute Gasteiger partial charge is 0.368 e. The van der Waals surface area contributed by atoms with Gasteiger partial charge in [-0.15, -0.1) is 0 Å². The van der Waals surface area contributed by atoms with Crippen LogP contribution in [0.4, 0.5) is 0 Å². The third kappa shape index (κ3) is 3.11. The molecule has 3 rings (SSSR count). The predicted molar refractivity (Wildman–Crippen MR) is 92.2 cm³/mol. The van der Waals surface area contributed by atoms with Crippen molar-refractivity contribution in [3.8, 4) is 0 Å². The average molecular weight is 349 g/mol. The van der Waals surface area contributed by atoms with Crippen molar-refractivity contribution in [2.45, 2.75) is 32.9 Å². The average Bonchev–Trinajstić information content (AvgIpc) is 2.89. The monoisotopic (exact) mass is 349 g/mol. The van der Waals surface area contributed by atoms with Crippen molar-refractivity contribution in [2.24, 2.45) is 25.7 Å². The first-order chi connectivity index (χ1) is 11.8. The third-order valence-corrected chi connectivity index (χ3v) is 5.01. The lowest BCUT2D eigenvalue weighted by Crippen LogP contribution is -3.12. The number of aryl methyl sites for hydroxylation is 1. The van der Waals surface area contributed by atoms with Gasteiger partial charge in [-0.2, -0.15) is 0 Å². The molecule has 1 amide bonds. The minimum atomic E-state index is -0.543. The fourth-order valence-corrected chi connectivity index (χ4v) is 3.73. The quantitative estimate of drug-likeness (QED) is 0.649. The van der Waals surface area contributed by atoms with E-state index in [1.54, 1.807) is 11.6 Å². The second kappa shape index (κ2) is 6.47. The Hall–Kier alpha value is -2.42. The van der Waals surface area contributed by atoms with Crippen molar-refractivity contribution in [1.82, 2.24) is 18.7 Å². The van der Waals surface area contributed by atoms with Crippen molar-refractivity contribution < 1.29 is 9.69 Å². The summed E-state index contributed by atoms with van der Waals surface area (Å²) in [7, 11) is 2.99. The van der Waals surface area contributed by atoms with Crippen LogP contribution in [-0.4, -0.2) is 37.7 Å². The molecule has 0 aliphatic carbocycles. The third-order valence-electron chi connectivity index (χ3n) is 5.01. The Labute approximate surface area is 144 Å². The summed E-state index contributed by atoms with van der Waals surface area (Å²) in [5.74, 6) is 0.713. The highest BCUT2D eigenvalue weighted by Crippen LogP contribution is 2.11. The number of hydrogen-bond donors (Lipinski definition) is 2. The van der Waals surface area contributed by atoms with E-state index in [9.17, 15) is 14.4 Å². The van der Waals surface area contributed by atoms with E-state index in [0.29, 0.717) is 23.9 Å². The molecule has 0 aromatic carbocycles. The fraction of sp³-hybridized carbons (Fsp3) is 0.625. The standard InChI is InChI=1S/C16H24N6O3/c1-10-5-4-6-21(7-10)9-12-18-14-13(22(12)8-11(17)23)15(24)20(3)16(25)19(14)2/h10H,4-9H2,1-3H3,(H2,17,23)/p+1. The Morgan fingerprint density at radius 1 is 1.32 bits per heavy atom. The molecule has 0 bridgehead atoms. The number of aromatic nitrogens is 4. The number of nitrogens with two attached hydrogens (primary N) is 1. The topological polar surface area (TPSA) is 109 Å². The summed E-state index contributed by atoms with van der Waals surface area (Å²) in [4.78, 5) is 42.2. The zero-order valence-electron chi connectivity index (χ0n) is 14.9. The maximum atomic E-state index is 12.6. The summed E-state index contributed by atoms with van der Waals surface area (Å²) < 4.78 is 3.94. The molecule has 2 aromatic heterocycles. The first-order valence-corrected chi connectivity index (χ1v) is 8.56. The molecule has 0 radical (unpaired) electrons. The lowest BCUT2D eigenvalue weighted by Gasteiger charge is -2.27. The molecule has 25 heavy (non-hydrogen) atoms. The van der Waals surface area contributed by atoms with Crippen LogP contribution in [0.2, 0.25) is 0 Å². The normalized spacial score (nSPS) is 20.9. The highest BCUT2D eigenvalue weighted by atomic mass is 16.2. The van der Waals surface area contributed by atoms with E-state index in [1.807, 2.05) is 0 Å². The number of primary amides is 1. The Morgan fingerprint density at radius 2 is 2.04 bits per heavy atom. The molecule has 0 saturated carbocycles. The zero-order valence-corrected chi connectivity index (χ0v) is 14.9. The van der Waals surface area contributed by atoms with Crippen molar-refractivity contribution in [3.63, 3.8) is 0 Å². The molecule has 9 heteroatoms. The molecule has 3 N–H and O–H groups in total. The molecule has 1 aliphatic heterocycles. The number of amides is 1. The van der Waals surface area contributed by atoms with Crippen LogP contribution < -0.4 is 21.9 Å². The number of fused-ring (bicyclic) bond motifs is 1. The number of quaternary nitrogens is 1. The highest BCUT2D eigenvalue weighted by molar-refractivity contribution is 5.78. The lowest BCUT2D eigenvalue weighted by molar-refractivity contribution is -0.922. The van der Waals surface area contributed by atoms with E-state index >= 15 is 0 Å². The van der Waals surface area contributed by atoms with Crippen LogP contribution in [0.25, 0.3) is 11.2 Å². The minimum Gasteiger partial charge on any atom is -0.368 e. The molecule has 1 fully saturated rings. The molecule has 1 saturated heterocycles. The number of nitrogens with zero attached hydrogens (tertiary/aromatic N) is 4. The van der Waals surface area contributed by atoms with E-state index in [-0.39, 0.29) is 12.1 Å². The number of carbonyl (C=O) groups is 1. The van der Waals surface area contributed by atoms with Crippen LogP contribution in [0.1, 0.15) is 25.6 Å². The Morgan fingerprint density at radius 3 is 2.68 bits per heavy atom. The zero-order chi connectivity index (χ0) is 18.3. The van der Waals surface area contributed by atoms with Gasteiger partial charge in [-0.25, -0.2) is 9.78 Å². The number of imidazole rings is 1. The van der Waals surface area contributed by atoms with Crippen molar-refractivity contribution in [2.75, 3.05) is 13.1 Å². The number of rotatable bonds is 4. The maximum absolute atomic E-state index is 12.6. The number of piperidine rings is 1. The Balaban J connectivity index is 2.15. The molecule has 2 unspecified atom stereocenters. The van der Waals surface area contributed by atoms with Crippen LogP contribution in [0.15, 0.2) is 9.59 Å².